The molecule has 0 aliphatic carbocycles. The molecule has 2 aromatic heterocycles. The van der Waals surface area contributed by atoms with Gasteiger partial charge in [0.25, 0.3) is 4.96 Å². The second kappa shape index (κ2) is 4.25. The number of fused-ring (bicyclic) bond motifs is 1. The van der Waals surface area contributed by atoms with Gasteiger partial charge < -0.3 is 10.1 Å². The van der Waals surface area contributed by atoms with Gasteiger partial charge in [-0.15, -0.1) is 0 Å². The summed E-state index contributed by atoms with van der Waals surface area (Å²) in [7, 11) is 0. The Bertz CT molecular complexity index is 585. The predicted octanol–water partition coefficient (Wildman–Crippen LogP) is 2.07. The lowest BCUT2D eigenvalue weighted by molar-refractivity contribution is -0.391. The molecular formula is C10H11N3O3S. The third-order valence-corrected chi connectivity index (χ3v) is 3.22. The monoisotopic (exact) mass is 253 g/mol. The number of aromatic nitrogens is 2. The highest BCUT2D eigenvalue weighted by Crippen LogP contribution is 2.24. The standard InChI is InChI=1S/C10H11N3O3S/c1-6(2)8(14)5-7-9(13(15)16)12-3-4-17-10(12)11-7/h3-4,6H,5H2,1-2H3. The van der Waals surface area contributed by atoms with E-state index in [-0.39, 0.29) is 29.6 Å². The Morgan fingerprint density at radius 1 is 1.65 bits per heavy atom. The molecule has 0 amide bonds. The fourth-order valence-corrected chi connectivity index (χ4v) is 2.23. The zero-order valence-corrected chi connectivity index (χ0v) is 10.2. The van der Waals surface area contributed by atoms with E-state index >= 15 is 0 Å². The van der Waals surface area contributed by atoms with E-state index < -0.39 is 4.92 Å². The average Bonchev–Trinajstić information content (AvgIpc) is 2.75. The Balaban J connectivity index is 2.46. The Kier molecular flexibility index (Phi) is 2.93. The van der Waals surface area contributed by atoms with Crippen LogP contribution in [0.4, 0.5) is 5.82 Å². The van der Waals surface area contributed by atoms with Crippen LogP contribution in [0.5, 0.6) is 0 Å². The number of nitrogens with zero attached hydrogens (tertiary/aromatic N) is 3. The van der Waals surface area contributed by atoms with Crippen molar-refractivity contribution in [1.82, 2.24) is 9.38 Å². The number of rotatable bonds is 4. The van der Waals surface area contributed by atoms with Gasteiger partial charge in [-0.2, -0.15) is 9.38 Å². The van der Waals surface area contributed by atoms with Crippen LogP contribution in [0, 0.1) is 16.0 Å². The van der Waals surface area contributed by atoms with E-state index in [1.807, 2.05) is 0 Å². The molecule has 0 aromatic carbocycles. The largest absolute Gasteiger partial charge is 0.358 e. The minimum absolute atomic E-state index is 0.0163. The molecule has 2 aromatic rings. The third kappa shape index (κ3) is 2.05. The van der Waals surface area contributed by atoms with Gasteiger partial charge in [0.05, 0.1) is 6.42 Å². The van der Waals surface area contributed by atoms with Gasteiger partial charge in [0.1, 0.15) is 17.7 Å². The van der Waals surface area contributed by atoms with Crippen molar-refractivity contribution in [2.24, 2.45) is 5.92 Å². The maximum Gasteiger partial charge on any atom is 0.352 e. The SMILES string of the molecule is CC(C)C(=O)Cc1nc2sccn2c1[N+](=O)[O-]. The first-order valence-electron chi connectivity index (χ1n) is 5.12. The van der Waals surface area contributed by atoms with E-state index in [0.29, 0.717) is 4.96 Å². The summed E-state index contributed by atoms with van der Waals surface area (Å²) >= 11 is 1.31. The highest BCUT2D eigenvalue weighted by atomic mass is 32.1. The number of hydrogen-bond donors (Lipinski definition) is 0. The fourth-order valence-electron chi connectivity index (χ4n) is 1.50. The van der Waals surface area contributed by atoms with E-state index in [4.69, 9.17) is 0 Å². The van der Waals surface area contributed by atoms with Crippen LogP contribution in [0.1, 0.15) is 19.5 Å². The van der Waals surface area contributed by atoms with Crippen LogP contribution < -0.4 is 0 Å². The van der Waals surface area contributed by atoms with Crippen molar-refractivity contribution < 1.29 is 9.72 Å². The summed E-state index contributed by atoms with van der Waals surface area (Å²) in [4.78, 5) is 26.8. The summed E-state index contributed by atoms with van der Waals surface area (Å²) in [5.74, 6) is -0.288. The van der Waals surface area contributed by atoms with Crippen LogP contribution in [-0.2, 0) is 11.2 Å². The lowest BCUT2D eigenvalue weighted by Crippen LogP contribution is -2.11. The molecule has 17 heavy (non-hydrogen) atoms. The second-order valence-corrected chi connectivity index (χ2v) is 4.87. The first kappa shape index (κ1) is 11.7. The van der Waals surface area contributed by atoms with Crippen LogP contribution in [0.15, 0.2) is 11.6 Å². The number of hydrogen-bond acceptors (Lipinski definition) is 5. The Morgan fingerprint density at radius 2 is 2.35 bits per heavy atom. The number of Topliss-reactive ketones (excluding diaryl/α,β-unsaturated/α-hetero) is 1. The number of imidazole rings is 1. The topological polar surface area (TPSA) is 77.5 Å². The highest BCUT2D eigenvalue weighted by molar-refractivity contribution is 7.15. The number of carbonyl (C=O) groups is 1. The number of carbonyl (C=O) groups excluding carboxylic acids is 1. The molecule has 0 saturated carbocycles. The molecule has 6 nitrogen and oxygen atoms in total. The normalized spacial score (nSPS) is 11.2. The van der Waals surface area contributed by atoms with Crippen LogP contribution in [0.2, 0.25) is 0 Å². The van der Waals surface area contributed by atoms with E-state index in [2.05, 4.69) is 4.98 Å². The first-order valence-corrected chi connectivity index (χ1v) is 6.00. The Morgan fingerprint density at radius 3 is 2.94 bits per heavy atom. The van der Waals surface area contributed by atoms with Gasteiger partial charge in [0, 0.05) is 11.3 Å². The van der Waals surface area contributed by atoms with E-state index in [1.165, 1.54) is 15.7 Å². The number of thiazole rings is 1. The van der Waals surface area contributed by atoms with Crippen LogP contribution in [0.3, 0.4) is 0 Å². The summed E-state index contributed by atoms with van der Waals surface area (Å²) in [6.07, 6.45) is 1.61. The average molecular weight is 253 g/mol. The van der Waals surface area contributed by atoms with Gasteiger partial charge in [-0.25, -0.2) is 0 Å². The zero-order chi connectivity index (χ0) is 12.6. The van der Waals surface area contributed by atoms with Gasteiger partial charge >= 0.3 is 5.82 Å². The van der Waals surface area contributed by atoms with Gasteiger partial charge in [0.15, 0.2) is 0 Å². The summed E-state index contributed by atoms with van der Waals surface area (Å²) in [6, 6.07) is 0. The van der Waals surface area contributed by atoms with Gasteiger partial charge in [0.2, 0.25) is 0 Å². The molecule has 7 heteroatoms. The van der Waals surface area contributed by atoms with E-state index in [1.54, 1.807) is 25.4 Å². The van der Waals surface area contributed by atoms with Crippen molar-refractivity contribution >= 4 is 27.9 Å². The van der Waals surface area contributed by atoms with Crippen molar-refractivity contribution in [3.05, 3.63) is 27.4 Å². The maximum absolute atomic E-state index is 11.6. The van der Waals surface area contributed by atoms with E-state index in [9.17, 15) is 14.9 Å². The molecule has 0 radical (unpaired) electrons. The van der Waals surface area contributed by atoms with Gasteiger partial charge in [-0.1, -0.05) is 25.2 Å². The summed E-state index contributed by atoms with van der Waals surface area (Å²) < 4.78 is 1.41. The Hall–Kier alpha value is -1.76. The van der Waals surface area contributed by atoms with Crippen molar-refractivity contribution in [2.75, 3.05) is 0 Å². The minimum Gasteiger partial charge on any atom is -0.358 e. The molecule has 0 saturated heterocycles. The quantitative estimate of drug-likeness (QED) is 0.617. The first-order chi connectivity index (χ1) is 8.00. The van der Waals surface area contributed by atoms with Crippen LogP contribution in [-0.4, -0.2) is 20.1 Å². The van der Waals surface area contributed by atoms with Crippen LogP contribution >= 0.6 is 11.3 Å². The van der Waals surface area contributed by atoms with Crippen LogP contribution in [0.25, 0.3) is 4.96 Å². The molecule has 2 heterocycles. The lowest BCUT2D eigenvalue weighted by atomic mass is 10.0. The zero-order valence-electron chi connectivity index (χ0n) is 9.41. The summed E-state index contributed by atoms with van der Waals surface area (Å²) in [6.45, 7) is 3.54. The number of nitro groups is 1. The smallest absolute Gasteiger partial charge is 0.352 e. The minimum atomic E-state index is -0.490. The maximum atomic E-state index is 11.6. The van der Waals surface area contributed by atoms with Gasteiger partial charge in [-0.05, 0) is 4.92 Å². The molecule has 0 atom stereocenters. The molecule has 0 fully saturated rings. The Labute approximate surface area is 101 Å². The molecule has 0 unspecified atom stereocenters. The van der Waals surface area contributed by atoms with Crippen molar-refractivity contribution in [1.29, 1.82) is 0 Å². The van der Waals surface area contributed by atoms with E-state index in [0.717, 1.165) is 0 Å². The lowest BCUT2D eigenvalue weighted by Gasteiger charge is -2.01. The third-order valence-electron chi connectivity index (χ3n) is 2.46. The number of ketones is 1. The highest BCUT2D eigenvalue weighted by Gasteiger charge is 2.25. The van der Waals surface area contributed by atoms with Crippen molar-refractivity contribution in [3.8, 4) is 0 Å². The molecule has 0 aliphatic rings. The molecule has 2 rings (SSSR count). The molecule has 0 N–H and O–H groups in total. The fraction of sp³-hybridized carbons (Fsp3) is 0.400. The second-order valence-electron chi connectivity index (χ2n) is 3.99. The van der Waals surface area contributed by atoms with Gasteiger partial charge in [-0.3, -0.25) is 4.79 Å². The summed E-state index contributed by atoms with van der Waals surface area (Å²) in [5.41, 5.74) is 0.251. The summed E-state index contributed by atoms with van der Waals surface area (Å²) in [5, 5.41) is 12.7. The molecule has 0 spiro atoms. The van der Waals surface area contributed by atoms with Crippen molar-refractivity contribution in [3.63, 3.8) is 0 Å². The molecule has 90 valence electrons. The predicted molar refractivity (Wildman–Crippen MR) is 63.3 cm³/mol. The molecule has 0 aliphatic heterocycles. The van der Waals surface area contributed by atoms with Crippen molar-refractivity contribution in [2.45, 2.75) is 20.3 Å². The molecule has 0 bridgehead atoms. The molecular weight excluding hydrogens is 242 g/mol.